The molecular weight excluding hydrogens is 264 g/mol. The first-order valence-corrected chi connectivity index (χ1v) is 7.41. The van der Waals surface area contributed by atoms with E-state index in [1.54, 1.807) is 18.4 Å². The van der Waals surface area contributed by atoms with Gasteiger partial charge < -0.3 is 14.4 Å². The van der Waals surface area contributed by atoms with E-state index >= 15 is 0 Å². The lowest BCUT2D eigenvalue weighted by Crippen LogP contribution is -2.22. The van der Waals surface area contributed by atoms with Gasteiger partial charge in [0.15, 0.2) is 10.8 Å². The maximum Gasteiger partial charge on any atom is 0.357 e. The second-order valence-corrected chi connectivity index (χ2v) is 6.08. The first kappa shape index (κ1) is 12.9. The number of hydrogen-bond acceptors (Lipinski definition) is 6. The predicted octanol–water partition coefficient (Wildman–Crippen LogP) is 2.03. The molecule has 1 aliphatic heterocycles. The van der Waals surface area contributed by atoms with Crippen molar-refractivity contribution in [3.05, 3.63) is 10.6 Å². The Balaban J connectivity index is 1.84. The molecule has 2 fully saturated rings. The Kier molecular flexibility index (Phi) is 3.45. The third kappa shape index (κ3) is 2.47. The van der Waals surface area contributed by atoms with Gasteiger partial charge >= 0.3 is 5.97 Å². The molecule has 0 aromatic carbocycles. The quantitative estimate of drug-likeness (QED) is 0.791. The van der Waals surface area contributed by atoms with Gasteiger partial charge in [-0.25, -0.2) is 9.78 Å². The van der Waals surface area contributed by atoms with Crippen LogP contribution in [0.3, 0.4) is 0 Å². The van der Waals surface area contributed by atoms with Crippen molar-refractivity contribution in [2.24, 2.45) is 0 Å². The molecule has 1 aliphatic carbocycles. The third-order valence-electron chi connectivity index (χ3n) is 3.72. The maximum absolute atomic E-state index is 11.8. The van der Waals surface area contributed by atoms with Crippen LogP contribution in [-0.2, 0) is 9.47 Å². The van der Waals surface area contributed by atoms with Gasteiger partial charge in [-0.3, -0.25) is 0 Å². The molecule has 0 N–H and O–H groups in total. The van der Waals surface area contributed by atoms with E-state index in [9.17, 15) is 4.79 Å². The summed E-state index contributed by atoms with van der Waals surface area (Å²) in [4.78, 5) is 19.6. The summed E-state index contributed by atoms with van der Waals surface area (Å²) in [6.07, 6.45) is 3.61. The fraction of sp³-hybridized carbons (Fsp3) is 0.692. The Bertz CT molecular complexity index is 484. The highest BCUT2D eigenvalue weighted by Crippen LogP contribution is 2.46. The van der Waals surface area contributed by atoms with Crippen molar-refractivity contribution >= 4 is 22.4 Å². The molecule has 0 amide bonds. The molecule has 19 heavy (non-hydrogen) atoms. The van der Waals surface area contributed by atoms with E-state index in [4.69, 9.17) is 9.47 Å². The zero-order valence-corrected chi connectivity index (χ0v) is 12.0. The molecule has 1 atom stereocenters. The molecule has 0 spiro atoms. The highest BCUT2D eigenvalue weighted by atomic mass is 32.1. The lowest BCUT2D eigenvalue weighted by molar-refractivity contribution is 0.0594. The summed E-state index contributed by atoms with van der Waals surface area (Å²) in [5, 5.41) is 0.932. The zero-order valence-electron chi connectivity index (χ0n) is 11.2. The number of aromatic nitrogens is 1. The lowest BCUT2D eigenvalue weighted by Gasteiger charge is -2.13. The van der Waals surface area contributed by atoms with Crippen molar-refractivity contribution < 1.29 is 14.3 Å². The molecule has 1 aromatic heterocycles. The van der Waals surface area contributed by atoms with Crippen LogP contribution in [0.15, 0.2) is 0 Å². The monoisotopic (exact) mass is 282 g/mol. The van der Waals surface area contributed by atoms with Crippen LogP contribution >= 0.6 is 11.3 Å². The Hall–Kier alpha value is -1.14. The Labute approximate surface area is 116 Å². The molecule has 1 saturated carbocycles. The summed E-state index contributed by atoms with van der Waals surface area (Å²) in [5.41, 5.74) is 0.519. The fourth-order valence-corrected chi connectivity index (χ4v) is 3.67. The molecule has 2 heterocycles. The summed E-state index contributed by atoms with van der Waals surface area (Å²) < 4.78 is 10.2. The van der Waals surface area contributed by atoms with E-state index in [2.05, 4.69) is 9.88 Å². The van der Waals surface area contributed by atoms with Crippen molar-refractivity contribution in [2.45, 2.75) is 31.3 Å². The number of esters is 1. The third-order valence-corrected chi connectivity index (χ3v) is 5.00. The largest absolute Gasteiger partial charge is 0.464 e. The van der Waals surface area contributed by atoms with E-state index in [-0.39, 0.29) is 12.1 Å². The molecule has 1 aromatic rings. The average molecular weight is 282 g/mol. The number of anilines is 1. The predicted molar refractivity (Wildman–Crippen MR) is 73.1 cm³/mol. The number of ether oxygens (including phenoxy) is 2. The summed E-state index contributed by atoms with van der Waals surface area (Å²) in [6, 6.07) is 0. The zero-order chi connectivity index (χ0) is 13.4. The lowest BCUT2D eigenvalue weighted by atomic mass is 10.3. The summed E-state index contributed by atoms with van der Waals surface area (Å²) >= 11 is 1.64. The number of carbonyl (C=O) groups excluding carboxylic acids is 1. The van der Waals surface area contributed by atoms with Gasteiger partial charge in [0, 0.05) is 25.1 Å². The minimum atomic E-state index is -0.313. The second kappa shape index (κ2) is 5.09. The first-order chi connectivity index (χ1) is 9.22. The number of carbonyl (C=O) groups is 1. The molecule has 3 rings (SSSR count). The van der Waals surface area contributed by atoms with E-state index in [1.165, 1.54) is 7.11 Å². The Morgan fingerprint density at radius 2 is 2.16 bits per heavy atom. The van der Waals surface area contributed by atoms with Crippen LogP contribution in [0.4, 0.5) is 5.13 Å². The average Bonchev–Trinajstić information content (AvgIpc) is 3.01. The van der Waals surface area contributed by atoms with Crippen LogP contribution in [0.5, 0.6) is 0 Å². The Morgan fingerprint density at radius 1 is 1.37 bits per heavy atom. The van der Waals surface area contributed by atoms with E-state index < -0.39 is 0 Å². The summed E-state index contributed by atoms with van der Waals surface area (Å²) in [6.45, 7) is 1.80. The van der Waals surface area contributed by atoms with Crippen molar-refractivity contribution in [1.82, 2.24) is 4.98 Å². The van der Waals surface area contributed by atoms with Gasteiger partial charge in [0.2, 0.25) is 0 Å². The SMILES string of the molecule is COC(=O)c1nc(N2CC[C@H](OC)C2)sc1C1CC1. The van der Waals surface area contributed by atoms with Gasteiger partial charge in [0.1, 0.15) is 0 Å². The van der Waals surface area contributed by atoms with E-state index in [1.807, 2.05) is 0 Å². The van der Waals surface area contributed by atoms with Gasteiger partial charge in [0.05, 0.1) is 13.2 Å². The first-order valence-electron chi connectivity index (χ1n) is 6.59. The topological polar surface area (TPSA) is 51.7 Å². The van der Waals surface area contributed by atoms with Crippen LogP contribution in [-0.4, -0.2) is 44.4 Å². The number of nitrogens with zero attached hydrogens (tertiary/aromatic N) is 2. The minimum absolute atomic E-state index is 0.273. The molecule has 6 heteroatoms. The molecule has 0 radical (unpaired) electrons. The second-order valence-electron chi connectivity index (χ2n) is 5.07. The smallest absolute Gasteiger partial charge is 0.357 e. The fourth-order valence-electron chi connectivity index (χ4n) is 2.41. The summed E-state index contributed by atoms with van der Waals surface area (Å²) in [5.74, 6) is 0.202. The van der Waals surface area contributed by atoms with Crippen LogP contribution in [0.1, 0.15) is 40.5 Å². The van der Waals surface area contributed by atoms with Crippen molar-refractivity contribution in [3.8, 4) is 0 Å². The van der Waals surface area contributed by atoms with Gasteiger partial charge in [-0.1, -0.05) is 0 Å². The molecule has 0 unspecified atom stereocenters. The van der Waals surface area contributed by atoms with Crippen molar-refractivity contribution in [1.29, 1.82) is 0 Å². The molecule has 104 valence electrons. The molecule has 5 nitrogen and oxygen atoms in total. The standard InChI is InChI=1S/C13H18N2O3S/c1-17-9-5-6-15(7-9)13-14-10(12(16)18-2)11(19-13)8-3-4-8/h8-9H,3-7H2,1-2H3/t9-/m0/s1. The highest BCUT2D eigenvalue weighted by molar-refractivity contribution is 7.16. The van der Waals surface area contributed by atoms with Crippen LogP contribution < -0.4 is 4.90 Å². The number of rotatable bonds is 4. The van der Waals surface area contributed by atoms with E-state index in [0.29, 0.717) is 11.6 Å². The Morgan fingerprint density at radius 3 is 2.74 bits per heavy atom. The van der Waals surface area contributed by atoms with Crippen LogP contribution in [0.2, 0.25) is 0 Å². The molecule has 0 bridgehead atoms. The number of hydrogen-bond donors (Lipinski definition) is 0. The van der Waals surface area contributed by atoms with Crippen molar-refractivity contribution in [2.75, 3.05) is 32.2 Å². The number of methoxy groups -OCH3 is 2. The van der Waals surface area contributed by atoms with Gasteiger partial charge in [0.25, 0.3) is 0 Å². The van der Waals surface area contributed by atoms with Gasteiger partial charge in [-0.15, -0.1) is 11.3 Å². The maximum atomic E-state index is 11.8. The normalized spacial score (nSPS) is 22.8. The van der Waals surface area contributed by atoms with Crippen LogP contribution in [0.25, 0.3) is 0 Å². The van der Waals surface area contributed by atoms with E-state index in [0.717, 1.165) is 42.4 Å². The number of thiazole rings is 1. The summed E-state index contributed by atoms with van der Waals surface area (Å²) in [7, 11) is 3.15. The van der Waals surface area contributed by atoms with Crippen LogP contribution in [0, 0.1) is 0 Å². The van der Waals surface area contributed by atoms with Crippen molar-refractivity contribution in [3.63, 3.8) is 0 Å². The molecule has 1 saturated heterocycles. The van der Waals surface area contributed by atoms with Gasteiger partial charge in [-0.05, 0) is 25.2 Å². The minimum Gasteiger partial charge on any atom is -0.464 e. The van der Waals surface area contributed by atoms with Gasteiger partial charge in [-0.2, -0.15) is 0 Å². The highest BCUT2D eigenvalue weighted by Gasteiger charge is 2.34. The molecule has 2 aliphatic rings. The molecular formula is C13H18N2O3S.